The molecular formula is C19H22N2O2. The van der Waals surface area contributed by atoms with E-state index in [1.165, 1.54) is 0 Å². The van der Waals surface area contributed by atoms with Gasteiger partial charge in [-0.25, -0.2) is 0 Å². The highest BCUT2D eigenvalue weighted by Gasteiger charge is 2.09. The minimum Gasteiger partial charge on any atom is -0.350 e. The first kappa shape index (κ1) is 16.7. The van der Waals surface area contributed by atoms with Crippen molar-refractivity contribution in [2.24, 2.45) is 0 Å². The summed E-state index contributed by atoms with van der Waals surface area (Å²) >= 11 is 0. The Morgan fingerprint density at radius 2 is 1.70 bits per heavy atom. The molecule has 0 fully saturated rings. The molecule has 2 aromatic carbocycles. The van der Waals surface area contributed by atoms with Gasteiger partial charge in [-0.3, -0.25) is 9.59 Å². The van der Waals surface area contributed by atoms with E-state index in [4.69, 9.17) is 0 Å². The van der Waals surface area contributed by atoms with Gasteiger partial charge >= 0.3 is 0 Å². The van der Waals surface area contributed by atoms with Gasteiger partial charge in [0.05, 0.1) is 0 Å². The molecule has 1 unspecified atom stereocenters. The van der Waals surface area contributed by atoms with Crippen molar-refractivity contribution in [3.63, 3.8) is 0 Å². The third-order valence-corrected chi connectivity index (χ3v) is 3.68. The zero-order valence-electron chi connectivity index (χ0n) is 13.7. The molecule has 0 saturated carbocycles. The zero-order valence-corrected chi connectivity index (χ0v) is 13.7. The first-order valence-electron chi connectivity index (χ1n) is 7.78. The van der Waals surface area contributed by atoms with Gasteiger partial charge in [0.1, 0.15) is 0 Å². The van der Waals surface area contributed by atoms with Gasteiger partial charge in [-0.05, 0) is 56.7 Å². The fourth-order valence-corrected chi connectivity index (χ4v) is 2.10. The van der Waals surface area contributed by atoms with Gasteiger partial charge in [-0.1, -0.05) is 24.6 Å². The van der Waals surface area contributed by atoms with Crippen LogP contribution in [0.3, 0.4) is 0 Å². The third-order valence-electron chi connectivity index (χ3n) is 3.68. The van der Waals surface area contributed by atoms with E-state index in [1.807, 2.05) is 39.0 Å². The van der Waals surface area contributed by atoms with E-state index in [-0.39, 0.29) is 17.9 Å². The van der Waals surface area contributed by atoms with Crippen molar-refractivity contribution in [1.29, 1.82) is 0 Å². The highest BCUT2D eigenvalue weighted by Crippen LogP contribution is 2.12. The molecule has 0 saturated heterocycles. The van der Waals surface area contributed by atoms with Crippen LogP contribution in [-0.4, -0.2) is 17.9 Å². The van der Waals surface area contributed by atoms with E-state index in [9.17, 15) is 9.59 Å². The Morgan fingerprint density at radius 1 is 1.00 bits per heavy atom. The zero-order chi connectivity index (χ0) is 16.8. The molecule has 2 N–H and O–H groups in total. The van der Waals surface area contributed by atoms with Crippen LogP contribution in [0.1, 0.15) is 46.5 Å². The lowest BCUT2D eigenvalue weighted by Gasteiger charge is -2.12. The Bertz CT molecular complexity index is 693. The number of carbonyl (C=O) groups is 2. The Kier molecular flexibility index (Phi) is 5.52. The number of hydrogen-bond acceptors (Lipinski definition) is 2. The van der Waals surface area contributed by atoms with Crippen molar-refractivity contribution in [1.82, 2.24) is 5.32 Å². The van der Waals surface area contributed by atoms with E-state index in [0.717, 1.165) is 12.0 Å². The van der Waals surface area contributed by atoms with Crippen LogP contribution in [0.2, 0.25) is 0 Å². The number of carbonyl (C=O) groups excluding carboxylic acids is 2. The van der Waals surface area contributed by atoms with Gasteiger partial charge < -0.3 is 10.6 Å². The summed E-state index contributed by atoms with van der Waals surface area (Å²) in [6.07, 6.45) is 0.885. The number of amides is 2. The Morgan fingerprint density at radius 3 is 2.30 bits per heavy atom. The van der Waals surface area contributed by atoms with E-state index >= 15 is 0 Å². The predicted octanol–water partition coefficient (Wildman–Crippen LogP) is 3.78. The summed E-state index contributed by atoms with van der Waals surface area (Å²) in [5.41, 5.74) is 2.90. The molecule has 0 radical (unpaired) electrons. The highest BCUT2D eigenvalue weighted by atomic mass is 16.2. The molecule has 1 atom stereocenters. The van der Waals surface area contributed by atoms with Gasteiger partial charge in [0, 0.05) is 22.9 Å². The van der Waals surface area contributed by atoms with Gasteiger partial charge in [-0.15, -0.1) is 0 Å². The lowest BCUT2D eigenvalue weighted by Crippen LogP contribution is -2.31. The molecule has 120 valence electrons. The van der Waals surface area contributed by atoms with Crippen LogP contribution in [0, 0.1) is 6.92 Å². The van der Waals surface area contributed by atoms with Crippen LogP contribution >= 0.6 is 0 Å². The quantitative estimate of drug-likeness (QED) is 0.883. The van der Waals surface area contributed by atoms with Crippen LogP contribution in [0.15, 0.2) is 48.5 Å². The van der Waals surface area contributed by atoms with Gasteiger partial charge in [0.15, 0.2) is 0 Å². The monoisotopic (exact) mass is 310 g/mol. The molecule has 23 heavy (non-hydrogen) atoms. The number of aryl methyl sites for hydroxylation is 1. The normalized spacial score (nSPS) is 11.6. The Balaban J connectivity index is 2.02. The smallest absolute Gasteiger partial charge is 0.255 e. The lowest BCUT2D eigenvalue weighted by atomic mass is 10.1. The van der Waals surface area contributed by atoms with Gasteiger partial charge in [0.2, 0.25) is 0 Å². The molecule has 2 aromatic rings. The highest BCUT2D eigenvalue weighted by molar-refractivity contribution is 6.04. The molecule has 0 bridgehead atoms. The predicted molar refractivity (Wildman–Crippen MR) is 92.8 cm³/mol. The number of anilines is 1. The molecule has 0 heterocycles. The molecule has 0 aromatic heterocycles. The van der Waals surface area contributed by atoms with E-state index in [1.54, 1.807) is 30.3 Å². The molecule has 4 heteroatoms. The van der Waals surface area contributed by atoms with Crippen molar-refractivity contribution in [3.05, 3.63) is 65.2 Å². The second kappa shape index (κ2) is 7.58. The summed E-state index contributed by atoms with van der Waals surface area (Å²) in [6.45, 7) is 5.94. The Labute approximate surface area is 136 Å². The number of hydrogen-bond donors (Lipinski definition) is 2. The Hall–Kier alpha value is -2.62. The fraction of sp³-hybridized carbons (Fsp3) is 0.263. The summed E-state index contributed by atoms with van der Waals surface area (Å²) < 4.78 is 0. The first-order valence-corrected chi connectivity index (χ1v) is 7.78. The summed E-state index contributed by atoms with van der Waals surface area (Å²) in [5, 5.41) is 5.74. The SMILES string of the molecule is CCC(C)NC(=O)c1ccc(NC(=O)c2cccc(C)c2)cc1. The van der Waals surface area contributed by atoms with E-state index in [2.05, 4.69) is 10.6 Å². The second-order valence-corrected chi connectivity index (χ2v) is 5.68. The molecule has 2 amide bonds. The molecular weight excluding hydrogens is 288 g/mol. The standard InChI is InChI=1S/C19H22N2O2/c1-4-14(3)20-18(22)15-8-10-17(11-9-15)21-19(23)16-7-5-6-13(2)12-16/h5-12,14H,4H2,1-3H3,(H,20,22)(H,21,23). The number of nitrogens with one attached hydrogen (secondary N) is 2. The topological polar surface area (TPSA) is 58.2 Å². The average molecular weight is 310 g/mol. The molecule has 0 aliphatic carbocycles. The molecule has 4 nitrogen and oxygen atoms in total. The van der Waals surface area contributed by atoms with Crippen LogP contribution in [-0.2, 0) is 0 Å². The van der Waals surface area contributed by atoms with E-state index < -0.39 is 0 Å². The molecule has 2 rings (SSSR count). The van der Waals surface area contributed by atoms with Crippen LogP contribution in [0.25, 0.3) is 0 Å². The minimum atomic E-state index is -0.162. The van der Waals surface area contributed by atoms with Gasteiger partial charge in [0.25, 0.3) is 11.8 Å². The van der Waals surface area contributed by atoms with Gasteiger partial charge in [-0.2, -0.15) is 0 Å². The number of benzene rings is 2. The molecule has 0 aliphatic heterocycles. The third kappa shape index (κ3) is 4.68. The van der Waals surface area contributed by atoms with Crippen molar-refractivity contribution < 1.29 is 9.59 Å². The van der Waals surface area contributed by atoms with Crippen LogP contribution in [0.5, 0.6) is 0 Å². The summed E-state index contributed by atoms with van der Waals surface area (Å²) in [6, 6.07) is 14.4. The largest absolute Gasteiger partial charge is 0.350 e. The average Bonchev–Trinajstić information content (AvgIpc) is 2.55. The molecule has 0 spiro atoms. The summed E-state index contributed by atoms with van der Waals surface area (Å²) in [7, 11) is 0. The second-order valence-electron chi connectivity index (χ2n) is 5.68. The van der Waals surface area contributed by atoms with Crippen molar-refractivity contribution in [3.8, 4) is 0 Å². The first-order chi connectivity index (χ1) is 11.0. The summed E-state index contributed by atoms with van der Waals surface area (Å²) in [4.78, 5) is 24.2. The minimum absolute atomic E-state index is 0.101. The number of rotatable bonds is 5. The summed E-state index contributed by atoms with van der Waals surface area (Å²) in [5.74, 6) is -0.263. The van der Waals surface area contributed by atoms with Crippen molar-refractivity contribution >= 4 is 17.5 Å². The van der Waals surface area contributed by atoms with Crippen molar-refractivity contribution in [2.45, 2.75) is 33.2 Å². The van der Waals surface area contributed by atoms with Crippen LogP contribution in [0.4, 0.5) is 5.69 Å². The fourth-order valence-electron chi connectivity index (χ4n) is 2.10. The van der Waals surface area contributed by atoms with Crippen LogP contribution < -0.4 is 10.6 Å². The lowest BCUT2D eigenvalue weighted by molar-refractivity contribution is 0.0938. The van der Waals surface area contributed by atoms with E-state index in [0.29, 0.717) is 16.8 Å². The van der Waals surface area contributed by atoms with Crippen molar-refractivity contribution in [2.75, 3.05) is 5.32 Å². The maximum Gasteiger partial charge on any atom is 0.255 e. The maximum absolute atomic E-state index is 12.2. The molecule has 0 aliphatic rings. The maximum atomic E-state index is 12.2.